The molecule has 1 fully saturated rings. The number of nitrogen functional groups attached to an aromatic ring is 1. The van der Waals surface area contributed by atoms with Crippen LogP contribution in [0.25, 0.3) is 5.57 Å². The number of β-lactam (4-membered cyclic amide) rings is 1. The number of nitrogens with two attached hydrogens (primary N) is 1. The second kappa shape index (κ2) is 8.97. The monoisotopic (exact) mass is 495 g/mol. The van der Waals surface area contributed by atoms with Crippen molar-refractivity contribution in [2.45, 2.75) is 24.1 Å². The molecule has 0 radical (unpaired) electrons. The average Bonchev–Trinajstić information content (AvgIpc) is 3.40. The molecule has 1 saturated heterocycles. The first-order valence-electron chi connectivity index (χ1n) is 9.17. The van der Waals surface area contributed by atoms with Gasteiger partial charge in [-0.2, -0.15) is 0 Å². The van der Waals surface area contributed by atoms with Crippen LogP contribution in [-0.2, 0) is 25.7 Å². The van der Waals surface area contributed by atoms with Crippen molar-refractivity contribution in [2.24, 2.45) is 5.18 Å². The number of fused-ring (bicyclic) bond motifs is 1. The Hall–Kier alpha value is -2.81. The maximum atomic E-state index is 12.9. The lowest BCUT2D eigenvalue weighted by atomic mass is 9.99. The van der Waals surface area contributed by atoms with Crippen LogP contribution in [0.4, 0.5) is 5.13 Å². The Bertz CT molecular complexity index is 1130. The van der Waals surface area contributed by atoms with Crippen molar-refractivity contribution < 1.29 is 24.2 Å². The van der Waals surface area contributed by atoms with E-state index >= 15 is 0 Å². The smallest absolute Gasteiger partial charge is 0.352 e. The number of carboxylic acid groups (broad SMARTS) is 1. The number of aromatic nitrogens is 1. The normalized spacial score (nSPS) is 21.0. The number of rotatable bonds is 8. The molecule has 2 aliphatic rings. The van der Waals surface area contributed by atoms with Crippen LogP contribution < -0.4 is 11.1 Å². The molecule has 1 unspecified atom stereocenters. The highest BCUT2D eigenvalue weighted by atomic mass is 32.2. The molecule has 4 N–H and O–H groups in total. The van der Waals surface area contributed by atoms with Gasteiger partial charge >= 0.3 is 5.97 Å². The summed E-state index contributed by atoms with van der Waals surface area (Å²) in [6, 6.07) is -0.627. The second-order valence-corrected chi connectivity index (χ2v) is 9.83. The third-order valence-electron chi connectivity index (χ3n) is 4.99. The van der Waals surface area contributed by atoms with E-state index in [0.717, 1.165) is 21.8 Å². The van der Waals surface area contributed by atoms with Gasteiger partial charge in [-0.15, -0.1) is 39.3 Å². The lowest BCUT2D eigenvalue weighted by Crippen LogP contribution is -2.70. The standard InChI is InChI=1S/C18H17N5O6S3/c1-29-4-10-7(2-3-30-10)8-5-31-16-12(15(25)23(16)13(8)17(26)27)21-14(24)11(22-28)9-6-32-18(19)20-9/h2-3,6,11-12,16H,4-5H2,1H3,(H2,19,20)(H,21,24)(H,26,27)/t11?,12-,16+/m1/s1. The van der Waals surface area contributed by atoms with Crippen LogP contribution >= 0.6 is 34.4 Å². The molecule has 4 heterocycles. The Morgan fingerprint density at radius 1 is 1.47 bits per heavy atom. The summed E-state index contributed by atoms with van der Waals surface area (Å²) in [4.78, 5) is 54.7. The van der Waals surface area contributed by atoms with Crippen LogP contribution in [0.5, 0.6) is 0 Å². The van der Waals surface area contributed by atoms with E-state index in [4.69, 9.17) is 10.5 Å². The molecule has 4 rings (SSSR count). The zero-order valence-electron chi connectivity index (χ0n) is 16.5. The first-order chi connectivity index (χ1) is 15.4. The number of thiazole rings is 1. The van der Waals surface area contributed by atoms with E-state index in [1.54, 1.807) is 7.11 Å². The van der Waals surface area contributed by atoms with E-state index in [1.165, 1.54) is 33.4 Å². The number of carboxylic acids is 1. The largest absolute Gasteiger partial charge is 0.477 e. The SMILES string of the molecule is COCc1sccc1C1=C(C(=O)O)N2C(=O)[C@@H](NC(=O)C(N=O)c3csc(N)n3)[C@@H]2SC1. The molecule has 0 aromatic carbocycles. The van der Waals surface area contributed by atoms with Crippen molar-refractivity contribution in [2.75, 3.05) is 18.6 Å². The van der Waals surface area contributed by atoms with Gasteiger partial charge in [-0.25, -0.2) is 9.78 Å². The number of thiophene rings is 1. The van der Waals surface area contributed by atoms with Crippen LogP contribution in [0.2, 0.25) is 0 Å². The Morgan fingerprint density at radius 3 is 2.88 bits per heavy atom. The molecule has 0 spiro atoms. The van der Waals surface area contributed by atoms with E-state index in [1.807, 2.05) is 11.4 Å². The number of ether oxygens (including phenoxy) is 1. The maximum Gasteiger partial charge on any atom is 0.352 e. The summed E-state index contributed by atoms with van der Waals surface area (Å²) in [5.41, 5.74) is 6.78. The molecule has 2 aromatic heterocycles. The minimum atomic E-state index is -1.45. The molecule has 168 valence electrons. The molecule has 32 heavy (non-hydrogen) atoms. The summed E-state index contributed by atoms with van der Waals surface area (Å²) in [7, 11) is 1.55. The molecule has 2 aromatic rings. The number of amides is 2. The van der Waals surface area contributed by atoms with Crippen LogP contribution in [0.3, 0.4) is 0 Å². The zero-order valence-corrected chi connectivity index (χ0v) is 19.0. The Labute approximate surface area is 193 Å². The van der Waals surface area contributed by atoms with E-state index in [9.17, 15) is 24.4 Å². The topological polar surface area (TPSA) is 164 Å². The number of methoxy groups -OCH3 is 1. The summed E-state index contributed by atoms with van der Waals surface area (Å²) < 4.78 is 5.19. The van der Waals surface area contributed by atoms with Crippen molar-refractivity contribution >= 4 is 62.9 Å². The minimum absolute atomic E-state index is 0.0939. The highest BCUT2D eigenvalue weighted by Crippen LogP contribution is 2.44. The summed E-state index contributed by atoms with van der Waals surface area (Å²) in [5, 5.41) is 18.0. The van der Waals surface area contributed by atoms with E-state index in [0.29, 0.717) is 17.9 Å². The first-order valence-corrected chi connectivity index (χ1v) is 12.0. The van der Waals surface area contributed by atoms with Gasteiger partial charge in [0, 0.05) is 28.7 Å². The van der Waals surface area contributed by atoms with Gasteiger partial charge in [-0.3, -0.25) is 14.5 Å². The van der Waals surface area contributed by atoms with Crippen LogP contribution in [0.15, 0.2) is 27.7 Å². The number of anilines is 1. The van der Waals surface area contributed by atoms with E-state index < -0.39 is 35.2 Å². The molecule has 11 nitrogen and oxygen atoms in total. The minimum Gasteiger partial charge on any atom is -0.477 e. The quantitative estimate of drug-likeness (QED) is 0.365. The Balaban J connectivity index is 1.57. The molecule has 0 bridgehead atoms. The molecular formula is C18H17N5O6S3. The predicted octanol–water partition coefficient (Wildman–Crippen LogP) is 1.64. The molecule has 0 aliphatic carbocycles. The number of carbonyl (C=O) groups excluding carboxylic acids is 2. The summed E-state index contributed by atoms with van der Waals surface area (Å²) in [6.45, 7) is 0.325. The number of aliphatic carboxylic acids is 1. The van der Waals surface area contributed by atoms with Gasteiger partial charge < -0.3 is 20.9 Å². The van der Waals surface area contributed by atoms with Crippen molar-refractivity contribution in [1.82, 2.24) is 15.2 Å². The third kappa shape index (κ3) is 3.79. The molecule has 14 heteroatoms. The average molecular weight is 496 g/mol. The first kappa shape index (κ1) is 22.4. The Morgan fingerprint density at radius 2 is 2.25 bits per heavy atom. The fraction of sp³-hybridized carbons (Fsp3) is 0.333. The molecular weight excluding hydrogens is 478 g/mol. The molecule has 3 atom stereocenters. The van der Waals surface area contributed by atoms with Crippen LogP contribution in [0, 0.1) is 4.91 Å². The van der Waals surface area contributed by atoms with Crippen molar-refractivity contribution in [3.8, 4) is 0 Å². The highest BCUT2D eigenvalue weighted by Gasteiger charge is 2.55. The second-order valence-electron chi connectivity index (χ2n) is 6.84. The number of carbonyl (C=O) groups is 3. The van der Waals surface area contributed by atoms with Gasteiger partial charge in [0.25, 0.3) is 11.8 Å². The lowest BCUT2D eigenvalue weighted by molar-refractivity contribution is -0.150. The highest BCUT2D eigenvalue weighted by molar-refractivity contribution is 8.00. The van der Waals surface area contributed by atoms with Crippen molar-refractivity contribution in [1.29, 1.82) is 0 Å². The van der Waals surface area contributed by atoms with Crippen molar-refractivity contribution in [3.05, 3.63) is 43.6 Å². The molecule has 2 aliphatic heterocycles. The third-order valence-corrected chi connectivity index (χ3v) is 7.85. The van der Waals surface area contributed by atoms with Gasteiger partial charge in [0.05, 0.1) is 12.3 Å². The van der Waals surface area contributed by atoms with Crippen LogP contribution in [0.1, 0.15) is 22.2 Å². The zero-order chi connectivity index (χ0) is 23.0. The summed E-state index contributed by atoms with van der Waals surface area (Å²) in [5.74, 6) is -2.27. The number of nitroso groups, excluding NO2 is 1. The Kier molecular flexibility index (Phi) is 6.28. The number of nitrogens with zero attached hydrogens (tertiary/aromatic N) is 3. The van der Waals surface area contributed by atoms with E-state index in [2.05, 4.69) is 15.5 Å². The maximum absolute atomic E-state index is 12.9. The summed E-state index contributed by atoms with van der Waals surface area (Å²) >= 11 is 3.83. The number of thioether (sulfide) groups is 1. The van der Waals surface area contributed by atoms with Crippen molar-refractivity contribution in [3.63, 3.8) is 0 Å². The fourth-order valence-corrected chi connectivity index (χ4v) is 6.39. The number of hydrogen-bond donors (Lipinski definition) is 3. The molecule has 0 saturated carbocycles. The number of nitrogens with one attached hydrogen (secondary N) is 1. The lowest BCUT2D eigenvalue weighted by Gasteiger charge is -2.49. The van der Waals surface area contributed by atoms with Gasteiger partial charge in [-0.05, 0) is 22.2 Å². The van der Waals surface area contributed by atoms with Gasteiger partial charge in [0.1, 0.15) is 17.1 Å². The fourth-order valence-electron chi connectivity index (χ4n) is 3.57. The number of hydrogen-bond acceptors (Lipinski definition) is 11. The van der Waals surface area contributed by atoms with Crippen LogP contribution in [-0.4, -0.2) is 57.1 Å². The van der Waals surface area contributed by atoms with Gasteiger partial charge in [0.2, 0.25) is 6.04 Å². The van der Waals surface area contributed by atoms with E-state index in [-0.39, 0.29) is 16.5 Å². The summed E-state index contributed by atoms with van der Waals surface area (Å²) in [6.07, 6.45) is 0. The van der Waals surface area contributed by atoms with Gasteiger partial charge in [0.15, 0.2) is 5.13 Å². The predicted molar refractivity (Wildman–Crippen MR) is 120 cm³/mol. The van der Waals surface area contributed by atoms with Gasteiger partial charge in [-0.1, -0.05) is 0 Å². The molecule has 2 amide bonds.